The van der Waals surface area contributed by atoms with Crippen LogP contribution in [0.4, 0.5) is 0 Å². The van der Waals surface area contributed by atoms with Crippen molar-refractivity contribution < 1.29 is 0 Å². The highest BCUT2D eigenvalue weighted by atomic mass is 79.9. The third-order valence-corrected chi connectivity index (χ3v) is 3.99. The first-order valence-electron chi connectivity index (χ1n) is 6.37. The first-order chi connectivity index (χ1) is 10.6. The third kappa shape index (κ3) is 3.35. The van der Waals surface area contributed by atoms with Crippen molar-refractivity contribution in [3.05, 3.63) is 68.4 Å². The van der Waals surface area contributed by atoms with Gasteiger partial charge in [-0.1, -0.05) is 39.7 Å². The number of aromatic nitrogens is 3. The van der Waals surface area contributed by atoms with Gasteiger partial charge in [0, 0.05) is 15.1 Å². The molecule has 0 aliphatic rings. The Balaban J connectivity index is 1.97. The SMILES string of the molecule is S=c1[nH]nc(-c2ccc(Cl)cc2)n1/N=C/c1ccc(Br)cc1. The summed E-state index contributed by atoms with van der Waals surface area (Å²) in [6, 6.07) is 15.2. The minimum absolute atomic E-state index is 0.429. The maximum Gasteiger partial charge on any atom is 0.216 e. The number of hydrogen-bond acceptors (Lipinski definition) is 3. The van der Waals surface area contributed by atoms with Gasteiger partial charge in [0.2, 0.25) is 4.77 Å². The molecule has 1 heterocycles. The van der Waals surface area contributed by atoms with Crippen LogP contribution in [0.1, 0.15) is 5.56 Å². The van der Waals surface area contributed by atoms with Crippen LogP contribution in [-0.2, 0) is 0 Å². The first-order valence-corrected chi connectivity index (χ1v) is 7.95. The molecule has 1 aromatic heterocycles. The summed E-state index contributed by atoms with van der Waals surface area (Å²) in [5, 5.41) is 12.1. The van der Waals surface area contributed by atoms with Crippen molar-refractivity contribution in [1.82, 2.24) is 14.9 Å². The van der Waals surface area contributed by atoms with Crippen LogP contribution >= 0.6 is 39.7 Å². The topological polar surface area (TPSA) is 46.0 Å². The maximum atomic E-state index is 5.91. The fourth-order valence-corrected chi connectivity index (χ4v) is 2.43. The molecular weight excluding hydrogens is 384 g/mol. The number of rotatable bonds is 3. The minimum Gasteiger partial charge on any atom is -0.250 e. The van der Waals surface area contributed by atoms with Crippen LogP contribution in [-0.4, -0.2) is 21.1 Å². The monoisotopic (exact) mass is 392 g/mol. The highest BCUT2D eigenvalue weighted by molar-refractivity contribution is 9.10. The van der Waals surface area contributed by atoms with Crippen molar-refractivity contribution in [2.75, 3.05) is 0 Å². The Kier molecular flexibility index (Phi) is 4.52. The van der Waals surface area contributed by atoms with Gasteiger partial charge in [0.15, 0.2) is 5.82 Å². The fraction of sp³-hybridized carbons (Fsp3) is 0. The maximum absolute atomic E-state index is 5.91. The van der Waals surface area contributed by atoms with E-state index >= 15 is 0 Å². The molecule has 0 fully saturated rings. The third-order valence-electron chi connectivity index (χ3n) is 2.95. The van der Waals surface area contributed by atoms with Crippen LogP contribution in [0.15, 0.2) is 58.1 Å². The van der Waals surface area contributed by atoms with Crippen LogP contribution in [0.25, 0.3) is 11.4 Å². The molecule has 22 heavy (non-hydrogen) atoms. The van der Waals surface area contributed by atoms with Gasteiger partial charge in [0.1, 0.15) is 0 Å². The van der Waals surface area contributed by atoms with E-state index in [2.05, 4.69) is 31.2 Å². The smallest absolute Gasteiger partial charge is 0.216 e. The fourth-order valence-electron chi connectivity index (χ4n) is 1.86. The Morgan fingerprint density at radius 3 is 2.50 bits per heavy atom. The summed E-state index contributed by atoms with van der Waals surface area (Å²) in [5.74, 6) is 0.634. The Labute approximate surface area is 145 Å². The molecule has 0 aliphatic heterocycles. The number of aromatic amines is 1. The van der Waals surface area contributed by atoms with Crippen molar-refractivity contribution >= 4 is 46.0 Å². The summed E-state index contributed by atoms with van der Waals surface area (Å²) in [6.45, 7) is 0. The highest BCUT2D eigenvalue weighted by Crippen LogP contribution is 2.20. The molecule has 1 N–H and O–H groups in total. The Morgan fingerprint density at radius 2 is 1.82 bits per heavy atom. The number of nitrogens with zero attached hydrogens (tertiary/aromatic N) is 3. The lowest BCUT2D eigenvalue weighted by Crippen LogP contribution is -1.95. The molecule has 0 bridgehead atoms. The van der Waals surface area contributed by atoms with Gasteiger partial charge in [-0.15, -0.1) is 0 Å². The Morgan fingerprint density at radius 1 is 1.14 bits per heavy atom. The standard InChI is InChI=1S/C15H10BrClN4S/c16-12-5-1-10(2-6-12)9-18-21-14(19-20-15(21)22)11-3-7-13(17)8-4-11/h1-9H,(H,20,22)/b18-9+. The largest absolute Gasteiger partial charge is 0.250 e. The van der Waals surface area contributed by atoms with Crippen LogP contribution in [0.3, 0.4) is 0 Å². The molecule has 0 unspecified atom stereocenters. The van der Waals surface area contributed by atoms with E-state index in [0.717, 1.165) is 15.6 Å². The van der Waals surface area contributed by atoms with Gasteiger partial charge in [-0.25, -0.2) is 5.10 Å². The molecule has 0 aliphatic carbocycles. The molecule has 0 atom stereocenters. The number of benzene rings is 2. The normalized spacial score (nSPS) is 11.2. The summed E-state index contributed by atoms with van der Waals surface area (Å²) in [7, 11) is 0. The predicted octanol–water partition coefficient (Wildman–Crippen LogP) is 4.91. The molecule has 2 aromatic carbocycles. The average molecular weight is 394 g/mol. The van der Waals surface area contributed by atoms with Crippen molar-refractivity contribution in [3.8, 4) is 11.4 Å². The summed E-state index contributed by atoms with van der Waals surface area (Å²) in [6.07, 6.45) is 1.73. The molecule has 4 nitrogen and oxygen atoms in total. The van der Waals surface area contributed by atoms with E-state index in [-0.39, 0.29) is 0 Å². The van der Waals surface area contributed by atoms with E-state index < -0.39 is 0 Å². The van der Waals surface area contributed by atoms with E-state index in [1.165, 1.54) is 0 Å². The highest BCUT2D eigenvalue weighted by Gasteiger charge is 2.07. The second kappa shape index (κ2) is 6.56. The van der Waals surface area contributed by atoms with Gasteiger partial charge < -0.3 is 0 Å². The summed E-state index contributed by atoms with van der Waals surface area (Å²) >= 11 is 14.5. The van der Waals surface area contributed by atoms with Gasteiger partial charge in [-0.3, -0.25) is 0 Å². The van der Waals surface area contributed by atoms with Gasteiger partial charge >= 0.3 is 0 Å². The number of halogens is 2. The van der Waals surface area contributed by atoms with E-state index in [9.17, 15) is 0 Å². The molecule has 0 radical (unpaired) electrons. The Hall–Kier alpha value is -1.76. The molecule has 0 spiro atoms. The number of H-pyrrole nitrogens is 1. The molecular formula is C15H10BrClN4S. The molecule has 7 heteroatoms. The van der Waals surface area contributed by atoms with E-state index in [4.69, 9.17) is 23.8 Å². The number of nitrogens with one attached hydrogen (secondary N) is 1. The zero-order chi connectivity index (χ0) is 15.5. The molecule has 0 saturated carbocycles. The second-order valence-electron chi connectivity index (χ2n) is 4.47. The van der Waals surface area contributed by atoms with Crippen molar-refractivity contribution in [2.45, 2.75) is 0 Å². The summed E-state index contributed by atoms with van der Waals surface area (Å²) in [5.41, 5.74) is 1.85. The van der Waals surface area contributed by atoms with Gasteiger partial charge in [-0.2, -0.15) is 14.9 Å². The quantitative estimate of drug-likeness (QED) is 0.508. The van der Waals surface area contributed by atoms with Crippen LogP contribution in [0.2, 0.25) is 5.02 Å². The zero-order valence-electron chi connectivity index (χ0n) is 11.2. The summed E-state index contributed by atoms with van der Waals surface area (Å²) < 4.78 is 3.03. The first kappa shape index (κ1) is 15.1. The molecule has 0 saturated heterocycles. The Bertz CT molecular complexity index is 866. The lowest BCUT2D eigenvalue weighted by atomic mass is 10.2. The van der Waals surface area contributed by atoms with E-state index in [0.29, 0.717) is 15.6 Å². The van der Waals surface area contributed by atoms with Gasteiger partial charge in [-0.05, 0) is 54.2 Å². The van der Waals surface area contributed by atoms with Crippen molar-refractivity contribution in [2.24, 2.45) is 5.10 Å². The predicted molar refractivity (Wildman–Crippen MR) is 95.0 cm³/mol. The van der Waals surface area contributed by atoms with E-state index in [1.54, 1.807) is 23.0 Å². The van der Waals surface area contributed by atoms with Gasteiger partial charge in [0.25, 0.3) is 0 Å². The minimum atomic E-state index is 0.429. The zero-order valence-corrected chi connectivity index (χ0v) is 14.4. The van der Waals surface area contributed by atoms with Crippen LogP contribution < -0.4 is 0 Å². The van der Waals surface area contributed by atoms with Gasteiger partial charge in [0.05, 0.1) is 6.21 Å². The van der Waals surface area contributed by atoms with Crippen molar-refractivity contribution in [1.29, 1.82) is 0 Å². The van der Waals surface area contributed by atoms with Crippen LogP contribution in [0.5, 0.6) is 0 Å². The van der Waals surface area contributed by atoms with Crippen molar-refractivity contribution in [3.63, 3.8) is 0 Å². The summed E-state index contributed by atoms with van der Waals surface area (Å²) in [4.78, 5) is 0. The second-order valence-corrected chi connectivity index (χ2v) is 6.21. The van der Waals surface area contributed by atoms with E-state index in [1.807, 2.05) is 36.4 Å². The molecule has 0 amide bonds. The average Bonchev–Trinajstić information content (AvgIpc) is 2.89. The molecule has 3 rings (SSSR count). The molecule has 110 valence electrons. The lowest BCUT2D eigenvalue weighted by molar-refractivity contribution is 0.871. The van der Waals surface area contributed by atoms with Crippen LogP contribution in [0, 0.1) is 4.77 Å². The lowest BCUT2D eigenvalue weighted by Gasteiger charge is -2.01. The molecule has 3 aromatic rings. The number of hydrogen-bond donors (Lipinski definition) is 1.